The van der Waals surface area contributed by atoms with Crippen LogP contribution in [0, 0.1) is 0 Å². The van der Waals surface area contributed by atoms with Crippen molar-refractivity contribution in [1.82, 2.24) is 4.98 Å². The fraction of sp³-hybridized carbons (Fsp3) is 0.167. The lowest BCUT2D eigenvalue weighted by Crippen LogP contribution is -1.96. The smallest absolute Gasteiger partial charge is 0.161 e. The number of aromatic nitrogens is 1. The van der Waals surface area contributed by atoms with Gasteiger partial charge in [-0.1, -0.05) is 0 Å². The molecule has 0 atom stereocenters. The van der Waals surface area contributed by atoms with Gasteiger partial charge in [0.2, 0.25) is 0 Å². The van der Waals surface area contributed by atoms with E-state index in [4.69, 9.17) is 19.9 Å². The van der Waals surface area contributed by atoms with E-state index in [1.165, 1.54) is 0 Å². The van der Waals surface area contributed by atoms with E-state index in [1.54, 1.807) is 21.3 Å². The first kappa shape index (κ1) is 15.0. The molecule has 3 aromatic rings. The number of rotatable bonds is 4. The summed E-state index contributed by atoms with van der Waals surface area (Å²) in [6.07, 6.45) is 0. The number of ether oxygens (including phenoxy) is 3. The summed E-state index contributed by atoms with van der Waals surface area (Å²) in [6, 6.07) is 13.4. The fourth-order valence-electron chi connectivity index (χ4n) is 2.53. The van der Waals surface area contributed by atoms with E-state index in [1.807, 2.05) is 42.5 Å². The molecule has 0 spiro atoms. The Balaban J connectivity index is 2.16. The molecule has 0 fully saturated rings. The predicted molar refractivity (Wildman–Crippen MR) is 91.2 cm³/mol. The fourth-order valence-corrected chi connectivity index (χ4v) is 2.53. The minimum Gasteiger partial charge on any atom is -0.497 e. The second kappa shape index (κ2) is 6.04. The predicted octanol–water partition coefficient (Wildman–Crippen LogP) is 3.51. The molecular formula is C18H18N2O3. The Labute approximate surface area is 134 Å². The van der Waals surface area contributed by atoms with Crippen molar-refractivity contribution in [1.29, 1.82) is 0 Å². The van der Waals surface area contributed by atoms with Crippen molar-refractivity contribution < 1.29 is 14.2 Å². The van der Waals surface area contributed by atoms with Gasteiger partial charge in [0, 0.05) is 10.9 Å². The number of fused-ring (bicyclic) bond motifs is 1. The van der Waals surface area contributed by atoms with Crippen LogP contribution < -0.4 is 19.9 Å². The lowest BCUT2D eigenvalue weighted by atomic mass is 10.1. The molecule has 1 aromatic heterocycles. The number of anilines is 1. The van der Waals surface area contributed by atoms with Gasteiger partial charge in [0.15, 0.2) is 11.5 Å². The number of pyridine rings is 1. The first-order chi connectivity index (χ1) is 11.2. The number of hydrogen-bond acceptors (Lipinski definition) is 5. The molecule has 0 saturated carbocycles. The molecule has 0 aliphatic rings. The molecule has 0 bridgehead atoms. The maximum Gasteiger partial charge on any atom is 0.161 e. The maximum absolute atomic E-state index is 6.10. The molecule has 23 heavy (non-hydrogen) atoms. The summed E-state index contributed by atoms with van der Waals surface area (Å²) < 4.78 is 15.9. The van der Waals surface area contributed by atoms with Crippen molar-refractivity contribution in [2.45, 2.75) is 0 Å². The van der Waals surface area contributed by atoms with E-state index in [2.05, 4.69) is 4.98 Å². The monoisotopic (exact) mass is 310 g/mol. The zero-order chi connectivity index (χ0) is 16.4. The summed E-state index contributed by atoms with van der Waals surface area (Å²) in [6.45, 7) is 0. The van der Waals surface area contributed by atoms with E-state index in [0.29, 0.717) is 17.3 Å². The van der Waals surface area contributed by atoms with Crippen molar-refractivity contribution >= 4 is 16.6 Å². The van der Waals surface area contributed by atoms with Crippen molar-refractivity contribution in [3.63, 3.8) is 0 Å². The summed E-state index contributed by atoms with van der Waals surface area (Å²) >= 11 is 0. The van der Waals surface area contributed by atoms with Gasteiger partial charge in [-0.15, -0.1) is 0 Å². The van der Waals surface area contributed by atoms with Crippen LogP contribution in [0.4, 0.5) is 5.82 Å². The van der Waals surface area contributed by atoms with E-state index < -0.39 is 0 Å². The average Bonchev–Trinajstić information content (AvgIpc) is 2.60. The summed E-state index contributed by atoms with van der Waals surface area (Å²) in [5.74, 6) is 2.58. The van der Waals surface area contributed by atoms with Crippen LogP contribution in [0.2, 0.25) is 0 Å². The standard InChI is InChI=1S/C18H18N2O3/c1-21-13-5-6-14-12(8-13)9-15(20-18(14)19)11-4-7-16(22-2)17(10-11)23-3/h4-10H,1-3H3,(H2,19,20). The van der Waals surface area contributed by atoms with E-state index in [9.17, 15) is 0 Å². The van der Waals surface area contributed by atoms with Crippen LogP contribution in [0.5, 0.6) is 17.2 Å². The molecule has 118 valence electrons. The Hall–Kier alpha value is -2.95. The van der Waals surface area contributed by atoms with E-state index in [0.717, 1.165) is 27.8 Å². The van der Waals surface area contributed by atoms with Gasteiger partial charge in [-0.3, -0.25) is 0 Å². The van der Waals surface area contributed by atoms with Gasteiger partial charge in [-0.2, -0.15) is 0 Å². The van der Waals surface area contributed by atoms with Gasteiger partial charge < -0.3 is 19.9 Å². The summed E-state index contributed by atoms with van der Waals surface area (Å²) in [7, 11) is 4.85. The van der Waals surface area contributed by atoms with Crippen LogP contribution in [-0.4, -0.2) is 26.3 Å². The number of nitrogens with two attached hydrogens (primary N) is 1. The number of hydrogen-bond donors (Lipinski definition) is 1. The molecule has 1 heterocycles. The van der Waals surface area contributed by atoms with Gasteiger partial charge in [-0.05, 0) is 47.9 Å². The van der Waals surface area contributed by atoms with E-state index in [-0.39, 0.29) is 0 Å². The molecular weight excluding hydrogens is 292 g/mol. The summed E-state index contributed by atoms with van der Waals surface area (Å²) in [5.41, 5.74) is 7.77. The molecule has 0 aliphatic heterocycles. The Morgan fingerprint density at radius 2 is 1.61 bits per heavy atom. The minimum atomic E-state index is 0.481. The molecule has 0 radical (unpaired) electrons. The second-order valence-corrected chi connectivity index (χ2v) is 5.05. The van der Waals surface area contributed by atoms with Gasteiger partial charge >= 0.3 is 0 Å². The highest BCUT2D eigenvalue weighted by Crippen LogP contribution is 2.34. The quantitative estimate of drug-likeness (QED) is 0.798. The zero-order valence-corrected chi connectivity index (χ0v) is 13.3. The average molecular weight is 310 g/mol. The lowest BCUT2D eigenvalue weighted by molar-refractivity contribution is 0.355. The van der Waals surface area contributed by atoms with Crippen LogP contribution >= 0.6 is 0 Å². The largest absolute Gasteiger partial charge is 0.497 e. The molecule has 2 N–H and O–H groups in total. The molecule has 0 unspecified atom stereocenters. The third-order valence-electron chi connectivity index (χ3n) is 3.75. The number of benzene rings is 2. The summed E-state index contributed by atoms with van der Waals surface area (Å²) in [5, 5.41) is 1.87. The first-order valence-corrected chi connectivity index (χ1v) is 7.13. The van der Waals surface area contributed by atoms with Gasteiger partial charge in [-0.25, -0.2) is 4.98 Å². The molecule has 3 rings (SSSR count). The number of nitrogens with zero attached hydrogens (tertiary/aromatic N) is 1. The highest BCUT2D eigenvalue weighted by molar-refractivity contribution is 5.94. The van der Waals surface area contributed by atoms with Gasteiger partial charge in [0.05, 0.1) is 27.0 Å². The van der Waals surface area contributed by atoms with Crippen LogP contribution in [0.1, 0.15) is 0 Å². The second-order valence-electron chi connectivity index (χ2n) is 5.05. The molecule has 0 saturated heterocycles. The molecule has 0 aliphatic carbocycles. The maximum atomic E-state index is 6.10. The van der Waals surface area contributed by atoms with Crippen LogP contribution in [0.25, 0.3) is 22.0 Å². The summed E-state index contributed by atoms with van der Waals surface area (Å²) in [4.78, 5) is 4.50. The molecule has 5 heteroatoms. The Kier molecular flexibility index (Phi) is 3.93. The molecule has 5 nitrogen and oxygen atoms in total. The lowest BCUT2D eigenvalue weighted by Gasteiger charge is -2.11. The van der Waals surface area contributed by atoms with Gasteiger partial charge in [0.1, 0.15) is 11.6 Å². The van der Waals surface area contributed by atoms with Gasteiger partial charge in [0.25, 0.3) is 0 Å². The Bertz CT molecular complexity index is 862. The Morgan fingerprint density at radius 1 is 0.826 bits per heavy atom. The van der Waals surface area contributed by atoms with Crippen molar-refractivity contribution in [3.8, 4) is 28.5 Å². The molecule has 0 amide bonds. The van der Waals surface area contributed by atoms with Crippen LogP contribution in [0.3, 0.4) is 0 Å². The topological polar surface area (TPSA) is 66.6 Å². The van der Waals surface area contributed by atoms with Crippen molar-refractivity contribution in [2.75, 3.05) is 27.1 Å². The normalized spacial score (nSPS) is 10.6. The molecule has 2 aromatic carbocycles. The highest BCUT2D eigenvalue weighted by atomic mass is 16.5. The van der Waals surface area contributed by atoms with Crippen LogP contribution in [0.15, 0.2) is 42.5 Å². The number of methoxy groups -OCH3 is 3. The Morgan fingerprint density at radius 3 is 2.30 bits per heavy atom. The van der Waals surface area contributed by atoms with E-state index >= 15 is 0 Å². The third-order valence-corrected chi connectivity index (χ3v) is 3.75. The minimum absolute atomic E-state index is 0.481. The zero-order valence-electron chi connectivity index (χ0n) is 13.3. The number of nitrogen functional groups attached to an aromatic ring is 1. The van der Waals surface area contributed by atoms with Crippen molar-refractivity contribution in [3.05, 3.63) is 42.5 Å². The SMILES string of the molecule is COc1ccc2c(N)nc(-c3ccc(OC)c(OC)c3)cc2c1. The van der Waals surface area contributed by atoms with Crippen molar-refractivity contribution in [2.24, 2.45) is 0 Å². The third kappa shape index (κ3) is 2.73. The first-order valence-electron chi connectivity index (χ1n) is 7.13. The van der Waals surface area contributed by atoms with Crippen LogP contribution in [-0.2, 0) is 0 Å². The highest BCUT2D eigenvalue weighted by Gasteiger charge is 2.10.